The molecule has 0 aliphatic carbocycles. The van der Waals surface area contributed by atoms with Gasteiger partial charge in [0.2, 0.25) is 6.79 Å². The van der Waals surface area contributed by atoms with Gasteiger partial charge in [-0.15, -0.1) is 0 Å². The van der Waals surface area contributed by atoms with Crippen LogP contribution in [0.15, 0.2) is 18.2 Å². The molecule has 1 aromatic rings. The standard InChI is InChI=1S/C16H20N2O5S/c1-21-16(4-5-24-9-16)8-18-15(20)14(19)17-7-11-2-3-12-13(6-11)23-10-22-12/h2-3,6H,4-5,7-10H2,1H3,(H,17,19)(H,18,20). The molecule has 7 nitrogen and oxygen atoms in total. The van der Waals surface area contributed by atoms with E-state index in [1.165, 1.54) is 0 Å². The fraction of sp³-hybridized carbons (Fsp3) is 0.500. The van der Waals surface area contributed by atoms with Crippen molar-refractivity contribution in [2.45, 2.75) is 18.6 Å². The van der Waals surface area contributed by atoms with Crippen LogP contribution in [0.2, 0.25) is 0 Å². The van der Waals surface area contributed by atoms with Gasteiger partial charge in [0, 0.05) is 26.0 Å². The highest BCUT2D eigenvalue weighted by atomic mass is 32.2. The Morgan fingerprint density at radius 2 is 2.04 bits per heavy atom. The maximum absolute atomic E-state index is 11.9. The molecule has 1 atom stereocenters. The largest absolute Gasteiger partial charge is 0.454 e. The normalized spacial score (nSPS) is 21.5. The maximum atomic E-state index is 11.9. The third-order valence-corrected chi connectivity index (χ3v) is 5.39. The molecule has 0 bridgehead atoms. The summed E-state index contributed by atoms with van der Waals surface area (Å²) in [5.41, 5.74) is 0.471. The molecule has 1 unspecified atom stereocenters. The lowest BCUT2D eigenvalue weighted by atomic mass is 10.0. The van der Waals surface area contributed by atoms with Crippen LogP contribution >= 0.6 is 11.8 Å². The van der Waals surface area contributed by atoms with Crippen LogP contribution in [0.1, 0.15) is 12.0 Å². The number of methoxy groups -OCH3 is 1. The number of thioether (sulfide) groups is 1. The van der Waals surface area contributed by atoms with Crippen LogP contribution in [-0.2, 0) is 20.9 Å². The number of amides is 2. The molecule has 24 heavy (non-hydrogen) atoms. The zero-order valence-corrected chi connectivity index (χ0v) is 14.2. The minimum Gasteiger partial charge on any atom is -0.454 e. The van der Waals surface area contributed by atoms with E-state index in [9.17, 15) is 9.59 Å². The van der Waals surface area contributed by atoms with Gasteiger partial charge in [-0.2, -0.15) is 11.8 Å². The van der Waals surface area contributed by atoms with Crippen molar-refractivity contribution in [2.24, 2.45) is 0 Å². The van der Waals surface area contributed by atoms with Gasteiger partial charge >= 0.3 is 11.8 Å². The monoisotopic (exact) mass is 352 g/mol. The molecule has 0 radical (unpaired) electrons. The quantitative estimate of drug-likeness (QED) is 0.758. The first-order valence-corrected chi connectivity index (χ1v) is 8.85. The van der Waals surface area contributed by atoms with Crippen LogP contribution in [0.3, 0.4) is 0 Å². The molecular weight excluding hydrogens is 332 g/mol. The first-order chi connectivity index (χ1) is 11.6. The lowest BCUT2D eigenvalue weighted by Gasteiger charge is -2.26. The van der Waals surface area contributed by atoms with E-state index in [0.29, 0.717) is 18.0 Å². The van der Waals surface area contributed by atoms with Crippen LogP contribution in [0.25, 0.3) is 0 Å². The number of hydrogen-bond donors (Lipinski definition) is 2. The Balaban J connectivity index is 1.47. The number of nitrogens with one attached hydrogen (secondary N) is 2. The van der Waals surface area contributed by atoms with Crippen molar-refractivity contribution in [1.29, 1.82) is 0 Å². The van der Waals surface area contributed by atoms with Gasteiger partial charge in [-0.25, -0.2) is 0 Å². The maximum Gasteiger partial charge on any atom is 0.309 e. The molecule has 2 amide bonds. The molecule has 0 spiro atoms. The topological polar surface area (TPSA) is 85.9 Å². The molecule has 130 valence electrons. The highest BCUT2D eigenvalue weighted by Crippen LogP contribution is 2.32. The van der Waals surface area contributed by atoms with Crippen LogP contribution in [-0.4, -0.2) is 49.4 Å². The minimum absolute atomic E-state index is 0.201. The fourth-order valence-electron chi connectivity index (χ4n) is 2.60. The van der Waals surface area contributed by atoms with Crippen molar-refractivity contribution in [3.63, 3.8) is 0 Å². The Hall–Kier alpha value is -1.93. The third-order valence-electron chi connectivity index (χ3n) is 4.17. The van der Waals surface area contributed by atoms with Gasteiger partial charge in [-0.1, -0.05) is 6.07 Å². The molecule has 0 saturated carbocycles. The highest BCUT2D eigenvalue weighted by molar-refractivity contribution is 7.99. The average molecular weight is 352 g/mol. The van der Waals surface area contributed by atoms with E-state index >= 15 is 0 Å². The Morgan fingerprint density at radius 1 is 1.25 bits per heavy atom. The molecule has 8 heteroatoms. The molecule has 2 N–H and O–H groups in total. The summed E-state index contributed by atoms with van der Waals surface area (Å²) >= 11 is 1.78. The van der Waals surface area contributed by atoms with Crippen molar-refractivity contribution in [1.82, 2.24) is 10.6 Å². The van der Waals surface area contributed by atoms with Crippen molar-refractivity contribution in [3.8, 4) is 11.5 Å². The van der Waals surface area contributed by atoms with Gasteiger partial charge in [-0.3, -0.25) is 9.59 Å². The Morgan fingerprint density at radius 3 is 2.79 bits per heavy atom. The number of benzene rings is 1. The lowest BCUT2D eigenvalue weighted by molar-refractivity contribution is -0.140. The summed E-state index contributed by atoms with van der Waals surface area (Å²) in [5, 5.41) is 5.26. The smallest absolute Gasteiger partial charge is 0.309 e. The van der Waals surface area contributed by atoms with Gasteiger partial charge in [0.05, 0.1) is 5.60 Å². The Kier molecular flexibility index (Phi) is 5.15. The highest BCUT2D eigenvalue weighted by Gasteiger charge is 2.35. The number of ether oxygens (including phenoxy) is 3. The average Bonchev–Trinajstić information content (AvgIpc) is 3.26. The molecule has 2 aliphatic rings. The first kappa shape index (κ1) is 16.9. The van der Waals surface area contributed by atoms with Crippen molar-refractivity contribution >= 4 is 23.6 Å². The SMILES string of the molecule is COC1(CNC(=O)C(=O)NCc2ccc3c(c2)OCO3)CCSC1. The number of hydrogen-bond acceptors (Lipinski definition) is 6. The first-order valence-electron chi connectivity index (χ1n) is 7.69. The second-order valence-electron chi connectivity index (χ2n) is 5.74. The summed E-state index contributed by atoms with van der Waals surface area (Å²) in [6.45, 7) is 0.786. The second-order valence-corrected chi connectivity index (χ2v) is 6.85. The van der Waals surface area contributed by atoms with Gasteiger partial charge in [0.25, 0.3) is 0 Å². The van der Waals surface area contributed by atoms with Crippen molar-refractivity contribution < 1.29 is 23.8 Å². The van der Waals surface area contributed by atoms with E-state index in [1.54, 1.807) is 31.0 Å². The summed E-state index contributed by atoms with van der Waals surface area (Å²) in [6, 6.07) is 5.39. The number of rotatable bonds is 5. The van der Waals surface area contributed by atoms with E-state index < -0.39 is 11.8 Å². The van der Waals surface area contributed by atoms with Gasteiger partial charge < -0.3 is 24.8 Å². The van der Waals surface area contributed by atoms with E-state index in [2.05, 4.69) is 10.6 Å². The summed E-state index contributed by atoms with van der Waals surface area (Å²) in [7, 11) is 1.64. The molecule has 2 heterocycles. The number of carbonyl (C=O) groups is 2. The van der Waals surface area contributed by atoms with Gasteiger partial charge in [0.15, 0.2) is 11.5 Å². The summed E-state index contributed by atoms with van der Waals surface area (Å²) in [4.78, 5) is 23.9. The van der Waals surface area contributed by atoms with Crippen LogP contribution < -0.4 is 20.1 Å². The fourth-order valence-corrected chi connectivity index (χ4v) is 3.99. The summed E-state index contributed by atoms with van der Waals surface area (Å²) < 4.78 is 16.0. The Bertz CT molecular complexity index is 631. The van der Waals surface area contributed by atoms with Crippen molar-refractivity contribution in [2.75, 3.05) is 32.0 Å². The molecule has 3 rings (SSSR count). The predicted molar refractivity (Wildman–Crippen MR) is 89.1 cm³/mol. The van der Waals surface area contributed by atoms with E-state index in [0.717, 1.165) is 23.5 Å². The second kappa shape index (κ2) is 7.31. The molecule has 2 aliphatic heterocycles. The zero-order valence-electron chi connectivity index (χ0n) is 13.4. The number of fused-ring (bicyclic) bond motifs is 1. The third kappa shape index (κ3) is 3.76. The van der Waals surface area contributed by atoms with Crippen LogP contribution in [0, 0.1) is 0 Å². The van der Waals surface area contributed by atoms with Gasteiger partial charge in [0.1, 0.15) is 0 Å². The minimum atomic E-state index is -0.662. The summed E-state index contributed by atoms with van der Waals surface area (Å²) in [5.74, 6) is 1.84. The molecular formula is C16H20N2O5S. The zero-order chi connectivity index (χ0) is 17.0. The van der Waals surface area contributed by atoms with E-state index in [4.69, 9.17) is 14.2 Å². The number of carbonyl (C=O) groups excluding carboxylic acids is 2. The molecule has 0 aromatic heterocycles. The van der Waals surface area contributed by atoms with E-state index in [1.807, 2.05) is 6.07 Å². The van der Waals surface area contributed by atoms with Crippen molar-refractivity contribution in [3.05, 3.63) is 23.8 Å². The lowest BCUT2D eigenvalue weighted by Crippen LogP contribution is -2.48. The van der Waals surface area contributed by atoms with Gasteiger partial charge in [-0.05, 0) is 29.9 Å². The summed E-state index contributed by atoms with van der Waals surface area (Å²) in [6.07, 6.45) is 0.868. The van der Waals surface area contributed by atoms with E-state index in [-0.39, 0.29) is 18.9 Å². The Labute approximate surface area is 144 Å². The molecule has 1 saturated heterocycles. The molecule has 1 fully saturated rings. The molecule has 1 aromatic carbocycles. The van der Waals surface area contributed by atoms with Crippen LogP contribution in [0.5, 0.6) is 11.5 Å². The predicted octanol–water partition coefficient (Wildman–Crippen LogP) is 0.670. The van der Waals surface area contributed by atoms with Crippen LogP contribution in [0.4, 0.5) is 0 Å².